The molecule has 0 spiro atoms. The van der Waals surface area contributed by atoms with Gasteiger partial charge in [0.05, 0.1) is 0 Å². The molecule has 1 atom stereocenters. The first-order chi connectivity index (χ1) is 5.70. The highest BCUT2D eigenvalue weighted by Crippen LogP contribution is 2.61. The van der Waals surface area contributed by atoms with Crippen LogP contribution in [0.3, 0.4) is 0 Å². The number of thiol groups is 1. The first-order valence-corrected chi connectivity index (χ1v) is 7.15. The average Bonchev–Trinajstić information content (AvgIpc) is 2.55. The van der Waals surface area contributed by atoms with Gasteiger partial charge in [-0.2, -0.15) is 0 Å². The summed E-state index contributed by atoms with van der Waals surface area (Å²) in [5.41, 5.74) is 0. The van der Waals surface area contributed by atoms with Crippen molar-refractivity contribution in [1.82, 2.24) is 0 Å². The van der Waals surface area contributed by atoms with Crippen molar-refractivity contribution in [1.29, 1.82) is 0 Å². The number of nitrogens with two attached hydrogens (primary N) is 1. The summed E-state index contributed by atoms with van der Waals surface area (Å²) in [4.78, 5) is 2.40. The third-order valence-corrected chi connectivity index (χ3v) is 5.27. The van der Waals surface area contributed by atoms with Crippen LogP contribution >= 0.6 is 32.2 Å². The summed E-state index contributed by atoms with van der Waals surface area (Å²) in [6, 6.07) is 4.11. The summed E-state index contributed by atoms with van der Waals surface area (Å²) < 4.78 is 0. The van der Waals surface area contributed by atoms with Gasteiger partial charge in [-0.15, -0.1) is 23.0 Å². The molecule has 0 bridgehead atoms. The summed E-state index contributed by atoms with van der Waals surface area (Å²) in [7, 11) is -1.42. The van der Waals surface area contributed by atoms with Gasteiger partial charge in [-0.25, -0.2) is 0 Å². The van der Waals surface area contributed by atoms with E-state index < -0.39 is 9.25 Å². The molecule has 1 aliphatic heterocycles. The second kappa shape index (κ2) is 2.96. The molecule has 64 valence electrons. The van der Waals surface area contributed by atoms with Crippen LogP contribution in [0.1, 0.15) is 4.88 Å². The van der Waals surface area contributed by atoms with Gasteiger partial charge in [0.15, 0.2) is 0 Å². The third kappa shape index (κ3) is 1.35. The lowest BCUT2D eigenvalue weighted by Gasteiger charge is -2.24. The quantitative estimate of drug-likeness (QED) is 0.546. The van der Waals surface area contributed by atoms with Gasteiger partial charge in [-0.1, -0.05) is 21.4 Å². The zero-order valence-electron chi connectivity index (χ0n) is 6.31. The minimum absolute atomic E-state index is 1.17. The topological polar surface area (TPSA) is 26.0 Å². The van der Waals surface area contributed by atoms with Crippen LogP contribution in [-0.4, -0.2) is 0 Å². The molecule has 0 amide bonds. The molecule has 1 aromatic heterocycles. The van der Waals surface area contributed by atoms with E-state index >= 15 is 0 Å². The molecule has 4 heteroatoms. The highest BCUT2D eigenvalue weighted by Gasteiger charge is 2.21. The predicted octanol–water partition coefficient (Wildman–Crippen LogP) is 3.14. The average molecular weight is 215 g/mol. The van der Waals surface area contributed by atoms with E-state index in [-0.39, 0.29) is 0 Å². The number of hydrogen-bond donors (Lipinski definition) is 2. The van der Waals surface area contributed by atoms with Gasteiger partial charge < -0.3 is 0 Å². The van der Waals surface area contributed by atoms with Crippen molar-refractivity contribution in [3.8, 4) is 0 Å². The third-order valence-electron chi connectivity index (χ3n) is 1.65. The molecule has 1 aliphatic rings. The molecule has 0 fully saturated rings. The van der Waals surface area contributed by atoms with Gasteiger partial charge in [-0.3, -0.25) is 5.14 Å². The largest absolute Gasteiger partial charge is 0.280 e. The Labute approximate surface area is 82.2 Å². The minimum atomic E-state index is -1.42. The summed E-state index contributed by atoms with van der Waals surface area (Å²) in [6.07, 6.45) is 4.03. The van der Waals surface area contributed by atoms with E-state index in [1.54, 1.807) is 11.3 Å². The predicted molar refractivity (Wildman–Crippen MR) is 62.2 cm³/mol. The Hall–Kier alpha value is -0.160. The Morgan fingerprint density at radius 2 is 2.33 bits per heavy atom. The molecule has 2 rings (SSSR count). The van der Waals surface area contributed by atoms with Crippen LogP contribution in [0.25, 0.3) is 4.91 Å². The summed E-state index contributed by atoms with van der Waals surface area (Å²) in [5, 5.41) is 10.0. The summed E-state index contributed by atoms with van der Waals surface area (Å²) in [5.74, 6) is 0. The van der Waals surface area contributed by atoms with Crippen LogP contribution in [-0.2, 0) is 0 Å². The van der Waals surface area contributed by atoms with E-state index in [9.17, 15) is 0 Å². The number of thiophene rings is 1. The highest BCUT2D eigenvalue weighted by atomic mass is 33.1. The maximum absolute atomic E-state index is 6.01. The van der Waals surface area contributed by atoms with Crippen LogP contribution in [0.5, 0.6) is 0 Å². The number of hydrogen-bond acceptors (Lipinski definition) is 3. The Balaban J connectivity index is 2.40. The fourth-order valence-electron chi connectivity index (χ4n) is 1.09. The van der Waals surface area contributed by atoms with Gasteiger partial charge in [0.25, 0.3) is 0 Å². The van der Waals surface area contributed by atoms with Crippen LogP contribution in [0, 0.1) is 0 Å². The van der Waals surface area contributed by atoms with Crippen molar-refractivity contribution in [3.05, 3.63) is 40.0 Å². The smallest absolute Gasteiger partial charge is 0.0413 e. The van der Waals surface area contributed by atoms with Gasteiger partial charge in [0.2, 0.25) is 0 Å². The second-order valence-corrected chi connectivity index (χ2v) is 7.33. The summed E-state index contributed by atoms with van der Waals surface area (Å²) in [6.45, 7) is 0. The molecular formula is C8H9NS3. The van der Waals surface area contributed by atoms with Crippen molar-refractivity contribution >= 4 is 37.1 Å². The lowest BCUT2D eigenvalue weighted by atomic mass is 10.4. The maximum Gasteiger partial charge on any atom is 0.0413 e. The van der Waals surface area contributed by atoms with E-state index in [4.69, 9.17) is 5.14 Å². The summed E-state index contributed by atoms with van der Waals surface area (Å²) >= 11 is 6.15. The van der Waals surface area contributed by atoms with E-state index in [0.29, 0.717) is 0 Å². The molecule has 1 nitrogen and oxygen atoms in total. The Kier molecular flexibility index (Phi) is 2.08. The zero-order valence-corrected chi connectivity index (χ0v) is 8.83. The molecule has 2 heterocycles. The van der Waals surface area contributed by atoms with Crippen molar-refractivity contribution in [2.45, 2.75) is 0 Å². The number of allylic oxidation sites excluding steroid dienone is 2. The molecule has 1 aromatic rings. The second-order valence-electron chi connectivity index (χ2n) is 2.51. The molecule has 0 radical (unpaired) electrons. The van der Waals surface area contributed by atoms with Gasteiger partial charge in [-0.05, 0) is 22.9 Å². The van der Waals surface area contributed by atoms with E-state index in [2.05, 4.69) is 23.1 Å². The molecule has 0 saturated carbocycles. The van der Waals surface area contributed by atoms with Crippen LogP contribution in [0.2, 0.25) is 0 Å². The first-order valence-electron chi connectivity index (χ1n) is 3.46. The molecule has 1 unspecified atom stereocenters. The number of rotatable bonds is 1. The van der Waals surface area contributed by atoms with Gasteiger partial charge in [0.1, 0.15) is 0 Å². The lowest BCUT2D eigenvalue weighted by molar-refractivity contribution is 1.91. The normalized spacial score (nSPS) is 33.0. The van der Waals surface area contributed by atoms with Crippen molar-refractivity contribution in [3.63, 3.8) is 0 Å². The maximum atomic E-state index is 6.01. The van der Waals surface area contributed by atoms with E-state index in [1.807, 2.05) is 23.6 Å². The fraction of sp³-hybridized carbons (Fsp3) is 0. The first kappa shape index (κ1) is 8.44. The molecule has 12 heavy (non-hydrogen) atoms. The zero-order chi connectivity index (χ0) is 8.60. The Bertz CT molecular complexity index is 335. The molecular weight excluding hydrogens is 206 g/mol. The van der Waals surface area contributed by atoms with E-state index in [0.717, 1.165) is 0 Å². The Morgan fingerprint density at radius 3 is 2.83 bits per heavy atom. The standard InChI is InChI=1S/C8H9NS3/c9-12(10)6-2-4-8(12)7-3-1-5-11-7/h1-6,10H,9H2. The monoisotopic (exact) mass is 215 g/mol. The van der Waals surface area contributed by atoms with E-state index in [1.165, 1.54) is 9.78 Å². The van der Waals surface area contributed by atoms with Crippen LogP contribution in [0.15, 0.2) is 35.1 Å². The van der Waals surface area contributed by atoms with Crippen molar-refractivity contribution in [2.24, 2.45) is 5.14 Å². The fourth-order valence-corrected chi connectivity index (χ4v) is 4.32. The van der Waals surface area contributed by atoms with Crippen molar-refractivity contribution < 1.29 is 0 Å². The lowest BCUT2D eigenvalue weighted by Crippen LogP contribution is -1.98. The Morgan fingerprint density at radius 1 is 1.50 bits per heavy atom. The highest BCUT2D eigenvalue weighted by molar-refractivity contribution is 8.92. The van der Waals surface area contributed by atoms with Gasteiger partial charge in [0, 0.05) is 9.78 Å². The molecule has 0 aliphatic carbocycles. The SMILES string of the molecule is NS1(S)C=CC=C1c1cccs1. The van der Waals surface area contributed by atoms with Crippen LogP contribution in [0.4, 0.5) is 0 Å². The van der Waals surface area contributed by atoms with Gasteiger partial charge >= 0.3 is 0 Å². The molecule has 0 aromatic carbocycles. The molecule has 2 N–H and O–H groups in total. The van der Waals surface area contributed by atoms with Crippen molar-refractivity contribution in [2.75, 3.05) is 0 Å². The molecule has 0 saturated heterocycles. The minimum Gasteiger partial charge on any atom is -0.280 e. The van der Waals surface area contributed by atoms with Crippen LogP contribution < -0.4 is 5.14 Å².